The number of aromatic nitrogens is 3. The molecule has 37 heavy (non-hydrogen) atoms. The van der Waals surface area contributed by atoms with Gasteiger partial charge < -0.3 is 15.3 Å². The summed E-state index contributed by atoms with van der Waals surface area (Å²) in [7, 11) is 0. The van der Waals surface area contributed by atoms with Gasteiger partial charge in [0, 0.05) is 6.20 Å². The van der Waals surface area contributed by atoms with Crippen LogP contribution in [0, 0.1) is 0 Å². The highest BCUT2D eigenvalue weighted by Crippen LogP contribution is 2.23. The Bertz CT molecular complexity index is 891. The quantitative estimate of drug-likeness (QED) is 0.197. The molecule has 9 nitrogen and oxygen atoms in total. The van der Waals surface area contributed by atoms with Crippen LogP contribution in [0.4, 0.5) is 0 Å². The van der Waals surface area contributed by atoms with Crippen molar-refractivity contribution in [3.8, 4) is 0 Å². The molecule has 0 saturated heterocycles. The van der Waals surface area contributed by atoms with E-state index in [1.165, 1.54) is 68.4 Å². The molecule has 0 aliphatic carbocycles. The monoisotopic (exact) mass is 517 g/mol. The molecule has 0 unspecified atom stereocenters. The molecule has 206 valence electrons. The average Bonchev–Trinajstić information content (AvgIpc) is 3.36. The third kappa shape index (κ3) is 13.6. The predicted molar refractivity (Wildman–Crippen MR) is 142 cm³/mol. The fraction of sp³-hybridized carbons (Fsp3) is 0.607. The van der Waals surface area contributed by atoms with Crippen LogP contribution < -0.4 is 0 Å². The second kappa shape index (κ2) is 19.0. The number of aromatic carboxylic acids is 2. The number of aryl methyl sites for hydroxylation is 2. The summed E-state index contributed by atoms with van der Waals surface area (Å²) in [6, 6.07) is 3.23. The second-order valence-electron chi connectivity index (χ2n) is 9.31. The van der Waals surface area contributed by atoms with E-state index in [0.29, 0.717) is 0 Å². The Labute approximate surface area is 219 Å². The predicted octanol–water partition coefficient (Wildman–Crippen LogP) is 6.25. The van der Waals surface area contributed by atoms with Crippen LogP contribution in [0.1, 0.15) is 123 Å². The van der Waals surface area contributed by atoms with Gasteiger partial charge in [0.15, 0.2) is 0 Å². The lowest BCUT2D eigenvalue weighted by Gasteiger charge is -2.13. The van der Waals surface area contributed by atoms with Gasteiger partial charge in [-0.2, -0.15) is 0 Å². The zero-order chi connectivity index (χ0) is 27.5. The molecular formula is C28H43N3O6. The first-order chi connectivity index (χ1) is 17.8. The maximum Gasteiger partial charge on any atom is 0.336 e. The van der Waals surface area contributed by atoms with E-state index in [0.717, 1.165) is 49.7 Å². The van der Waals surface area contributed by atoms with Crippen LogP contribution in [0.5, 0.6) is 0 Å². The highest BCUT2D eigenvalue weighted by atomic mass is 16.4. The summed E-state index contributed by atoms with van der Waals surface area (Å²) in [5.74, 6) is -3.24. The van der Waals surface area contributed by atoms with Crippen LogP contribution in [0.3, 0.4) is 0 Å². The molecule has 0 aliphatic heterocycles. The summed E-state index contributed by atoms with van der Waals surface area (Å²) in [6.07, 6.45) is 18.8. The van der Waals surface area contributed by atoms with Crippen molar-refractivity contribution < 1.29 is 29.7 Å². The highest BCUT2D eigenvalue weighted by molar-refractivity contribution is 6.02. The minimum atomic E-state index is -1.16. The van der Waals surface area contributed by atoms with Crippen molar-refractivity contribution in [2.45, 2.75) is 110 Å². The first-order valence-corrected chi connectivity index (χ1v) is 13.5. The molecule has 0 atom stereocenters. The van der Waals surface area contributed by atoms with Crippen molar-refractivity contribution in [3.05, 3.63) is 46.8 Å². The third-order valence-electron chi connectivity index (χ3n) is 6.17. The fourth-order valence-electron chi connectivity index (χ4n) is 4.16. The summed E-state index contributed by atoms with van der Waals surface area (Å²) in [5, 5.41) is 33.9. The molecule has 0 spiro atoms. The molecule has 2 aromatic rings. The summed E-state index contributed by atoms with van der Waals surface area (Å²) in [6.45, 7) is 4.28. The fourth-order valence-corrected chi connectivity index (χ4v) is 4.16. The number of benzene rings is 1. The van der Waals surface area contributed by atoms with Crippen molar-refractivity contribution in [3.63, 3.8) is 0 Å². The summed E-state index contributed by atoms with van der Waals surface area (Å²) < 4.78 is 1.24. The van der Waals surface area contributed by atoms with Crippen LogP contribution in [0.2, 0.25) is 0 Å². The Kier molecular flexibility index (Phi) is 16.3. The van der Waals surface area contributed by atoms with Gasteiger partial charge in [0.2, 0.25) is 0 Å². The van der Waals surface area contributed by atoms with Gasteiger partial charge in [-0.1, -0.05) is 83.3 Å². The standard InChI is InChI=1S/C24H38O4.C4H5N3O2/c1-3-5-7-9-11-13-15-19-17-21(23(25)26)22(24(27)28)18-20(19)16-14-12-10-8-6-4-2;8-4(9)3-7-2-1-5-6-7/h17-18H,3-16H2,1-2H3,(H,25,26)(H,27,28);1-2H,3H2,(H,8,9). The van der Waals surface area contributed by atoms with E-state index in [2.05, 4.69) is 24.2 Å². The molecule has 2 rings (SSSR count). The molecule has 0 saturated carbocycles. The number of hydrogen-bond acceptors (Lipinski definition) is 5. The van der Waals surface area contributed by atoms with Crippen molar-refractivity contribution in [1.82, 2.24) is 15.0 Å². The summed E-state index contributed by atoms with van der Waals surface area (Å²) >= 11 is 0. The lowest BCUT2D eigenvalue weighted by Crippen LogP contribution is -2.11. The molecule has 1 aromatic heterocycles. The molecule has 1 heterocycles. The van der Waals surface area contributed by atoms with Gasteiger partial charge >= 0.3 is 17.9 Å². The average molecular weight is 518 g/mol. The Hall–Kier alpha value is -3.23. The number of carboxylic acids is 3. The SMILES string of the molecule is CCCCCCCCc1cc(C(=O)O)c(C(=O)O)cc1CCCCCCCC.O=C(O)Cn1ccnn1. The van der Waals surface area contributed by atoms with Crippen LogP contribution >= 0.6 is 0 Å². The zero-order valence-corrected chi connectivity index (χ0v) is 22.3. The summed E-state index contributed by atoms with van der Waals surface area (Å²) in [4.78, 5) is 33.0. The van der Waals surface area contributed by atoms with E-state index >= 15 is 0 Å². The van der Waals surface area contributed by atoms with Crippen molar-refractivity contribution >= 4 is 17.9 Å². The highest BCUT2D eigenvalue weighted by Gasteiger charge is 2.19. The van der Waals surface area contributed by atoms with Crippen LogP contribution in [-0.4, -0.2) is 48.2 Å². The molecule has 0 fully saturated rings. The van der Waals surface area contributed by atoms with Crippen LogP contribution in [-0.2, 0) is 24.2 Å². The Morgan fingerprint density at radius 3 is 1.49 bits per heavy atom. The van der Waals surface area contributed by atoms with Gasteiger partial charge in [-0.15, -0.1) is 5.10 Å². The van der Waals surface area contributed by atoms with Gasteiger partial charge in [0.05, 0.1) is 17.3 Å². The van der Waals surface area contributed by atoms with Crippen molar-refractivity contribution in [2.24, 2.45) is 0 Å². The van der Waals surface area contributed by atoms with E-state index in [9.17, 15) is 24.6 Å². The number of aliphatic carboxylic acids is 1. The molecule has 3 N–H and O–H groups in total. The lowest BCUT2D eigenvalue weighted by molar-refractivity contribution is -0.137. The maximum atomic E-state index is 11.5. The molecule has 0 bridgehead atoms. The molecular weight excluding hydrogens is 474 g/mol. The van der Waals surface area contributed by atoms with E-state index in [-0.39, 0.29) is 17.7 Å². The normalized spacial score (nSPS) is 10.5. The lowest BCUT2D eigenvalue weighted by atomic mass is 9.91. The van der Waals surface area contributed by atoms with Crippen molar-refractivity contribution in [1.29, 1.82) is 0 Å². The zero-order valence-electron chi connectivity index (χ0n) is 22.3. The van der Waals surface area contributed by atoms with Gasteiger partial charge in [-0.05, 0) is 48.9 Å². The largest absolute Gasteiger partial charge is 0.480 e. The number of hydrogen-bond donors (Lipinski definition) is 3. The van der Waals surface area contributed by atoms with E-state index < -0.39 is 17.9 Å². The number of nitrogens with zero attached hydrogens (tertiary/aromatic N) is 3. The molecule has 1 aromatic carbocycles. The van der Waals surface area contributed by atoms with E-state index in [1.54, 1.807) is 12.1 Å². The minimum Gasteiger partial charge on any atom is -0.480 e. The Balaban J connectivity index is 0.000000635. The number of rotatable bonds is 18. The van der Waals surface area contributed by atoms with Gasteiger partial charge in [-0.25, -0.2) is 14.3 Å². The van der Waals surface area contributed by atoms with Gasteiger partial charge in [-0.3, -0.25) is 4.79 Å². The van der Waals surface area contributed by atoms with E-state index in [1.807, 2.05) is 0 Å². The van der Waals surface area contributed by atoms with Crippen molar-refractivity contribution in [2.75, 3.05) is 0 Å². The smallest absolute Gasteiger partial charge is 0.336 e. The molecule has 0 amide bonds. The van der Waals surface area contributed by atoms with Crippen LogP contribution in [0.25, 0.3) is 0 Å². The summed E-state index contributed by atoms with van der Waals surface area (Å²) in [5.41, 5.74) is 1.87. The Morgan fingerprint density at radius 2 is 1.14 bits per heavy atom. The first kappa shape index (κ1) is 31.8. The second-order valence-corrected chi connectivity index (χ2v) is 9.31. The number of carboxylic acid groups (broad SMARTS) is 3. The topological polar surface area (TPSA) is 143 Å². The molecule has 0 aliphatic rings. The molecule has 9 heteroatoms. The molecule has 0 radical (unpaired) electrons. The third-order valence-corrected chi connectivity index (χ3v) is 6.17. The van der Waals surface area contributed by atoms with Gasteiger partial charge in [0.25, 0.3) is 0 Å². The Morgan fingerprint density at radius 1 is 0.703 bits per heavy atom. The van der Waals surface area contributed by atoms with Gasteiger partial charge in [0.1, 0.15) is 6.54 Å². The number of carbonyl (C=O) groups is 3. The van der Waals surface area contributed by atoms with Crippen LogP contribution in [0.15, 0.2) is 24.5 Å². The first-order valence-electron chi connectivity index (χ1n) is 13.5. The number of unbranched alkanes of at least 4 members (excludes halogenated alkanes) is 10. The maximum absolute atomic E-state index is 11.5. The minimum absolute atomic E-state index is 0.0832. The van der Waals surface area contributed by atoms with E-state index in [4.69, 9.17) is 5.11 Å².